The molecule has 0 fully saturated rings. The topological polar surface area (TPSA) is 66.3 Å². The van der Waals surface area contributed by atoms with Crippen LogP contribution in [0.1, 0.15) is 10.4 Å². The van der Waals surface area contributed by atoms with Crippen molar-refractivity contribution in [1.29, 1.82) is 0 Å². The van der Waals surface area contributed by atoms with Crippen molar-refractivity contribution in [2.75, 3.05) is 19.0 Å². The molecule has 2 aromatic rings. The average molecular weight is 312 g/mol. The Kier molecular flexibility index (Phi) is 4.11. The molecular formula is C13H11Cl2N3O2. The van der Waals surface area contributed by atoms with Gasteiger partial charge in [-0.15, -0.1) is 0 Å². The number of carboxylic acid groups (broad SMARTS) is 1. The Hall–Kier alpha value is -1.85. The normalized spacial score (nSPS) is 10.4. The van der Waals surface area contributed by atoms with Crippen molar-refractivity contribution < 1.29 is 9.90 Å². The zero-order chi connectivity index (χ0) is 14.9. The van der Waals surface area contributed by atoms with Gasteiger partial charge in [0.25, 0.3) is 0 Å². The number of benzene rings is 1. The number of hydrogen-bond acceptors (Lipinski definition) is 4. The summed E-state index contributed by atoms with van der Waals surface area (Å²) in [6, 6.07) is 4.85. The molecule has 1 aromatic carbocycles. The molecule has 0 unspecified atom stereocenters. The second kappa shape index (κ2) is 5.64. The monoisotopic (exact) mass is 311 g/mol. The van der Waals surface area contributed by atoms with Crippen LogP contribution in [0.2, 0.25) is 10.0 Å². The van der Waals surface area contributed by atoms with Crippen LogP contribution in [-0.4, -0.2) is 35.1 Å². The minimum Gasteiger partial charge on any atom is -0.478 e. The van der Waals surface area contributed by atoms with Crippen LogP contribution in [-0.2, 0) is 0 Å². The lowest BCUT2D eigenvalue weighted by Crippen LogP contribution is -2.14. The highest BCUT2D eigenvalue weighted by Crippen LogP contribution is 2.29. The van der Waals surface area contributed by atoms with Gasteiger partial charge in [0.1, 0.15) is 5.56 Å². The number of aromatic nitrogens is 2. The van der Waals surface area contributed by atoms with Gasteiger partial charge in [-0.3, -0.25) is 0 Å². The van der Waals surface area contributed by atoms with E-state index in [2.05, 4.69) is 9.97 Å². The van der Waals surface area contributed by atoms with Gasteiger partial charge in [0, 0.05) is 25.9 Å². The molecule has 1 heterocycles. The molecular weight excluding hydrogens is 301 g/mol. The van der Waals surface area contributed by atoms with E-state index in [0.29, 0.717) is 27.3 Å². The number of hydrogen-bond donors (Lipinski definition) is 1. The highest BCUT2D eigenvalue weighted by atomic mass is 35.5. The van der Waals surface area contributed by atoms with E-state index >= 15 is 0 Å². The molecule has 20 heavy (non-hydrogen) atoms. The zero-order valence-corrected chi connectivity index (χ0v) is 12.3. The van der Waals surface area contributed by atoms with Gasteiger partial charge in [0.2, 0.25) is 5.95 Å². The molecule has 0 aliphatic carbocycles. The number of aromatic carboxylic acids is 1. The summed E-state index contributed by atoms with van der Waals surface area (Å²) in [5.74, 6) is -0.688. The smallest absolute Gasteiger partial charge is 0.339 e. The number of nitrogens with zero attached hydrogens (tertiary/aromatic N) is 3. The SMILES string of the molecule is CN(C)c1ncc(C(=O)O)c(-c2ccc(Cl)c(Cl)c2)n1. The average Bonchev–Trinajstić information content (AvgIpc) is 2.41. The maximum absolute atomic E-state index is 11.3. The first kappa shape index (κ1) is 14.6. The van der Waals surface area contributed by atoms with Crippen molar-refractivity contribution in [3.05, 3.63) is 40.0 Å². The summed E-state index contributed by atoms with van der Waals surface area (Å²) in [4.78, 5) is 21.2. The summed E-state index contributed by atoms with van der Waals surface area (Å²) in [6.45, 7) is 0. The third-order valence-electron chi connectivity index (χ3n) is 2.60. The first-order valence-electron chi connectivity index (χ1n) is 5.63. The Morgan fingerprint density at radius 2 is 1.95 bits per heavy atom. The quantitative estimate of drug-likeness (QED) is 0.942. The second-order valence-corrected chi connectivity index (χ2v) is 5.08. The van der Waals surface area contributed by atoms with Crippen LogP contribution in [0.25, 0.3) is 11.3 Å². The highest BCUT2D eigenvalue weighted by Gasteiger charge is 2.16. The van der Waals surface area contributed by atoms with E-state index in [1.54, 1.807) is 37.2 Å². The molecule has 0 radical (unpaired) electrons. The molecule has 1 N–H and O–H groups in total. The predicted molar refractivity (Wildman–Crippen MR) is 78.8 cm³/mol. The number of anilines is 1. The molecule has 0 bridgehead atoms. The fraction of sp³-hybridized carbons (Fsp3) is 0.154. The molecule has 0 aliphatic rings. The number of carbonyl (C=O) groups is 1. The predicted octanol–water partition coefficient (Wildman–Crippen LogP) is 3.21. The molecule has 0 amide bonds. The molecule has 2 rings (SSSR count). The minimum absolute atomic E-state index is 0.00832. The Balaban J connectivity index is 2.65. The molecule has 0 saturated heterocycles. The number of rotatable bonds is 3. The van der Waals surface area contributed by atoms with Crippen molar-refractivity contribution in [3.63, 3.8) is 0 Å². The van der Waals surface area contributed by atoms with E-state index in [-0.39, 0.29) is 5.56 Å². The Morgan fingerprint density at radius 1 is 1.25 bits per heavy atom. The van der Waals surface area contributed by atoms with Crippen LogP contribution in [0, 0.1) is 0 Å². The molecule has 0 atom stereocenters. The van der Waals surface area contributed by atoms with Crippen molar-refractivity contribution in [2.24, 2.45) is 0 Å². The third-order valence-corrected chi connectivity index (χ3v) is 3.34. The summed E-state index contributed by atoms with van der Waals surface area (Å²) in [6.07, 6.45) is 1.28. The van der Waals surface area contributed by atoms with E-state index < -0.39 is 5.97 Å². The van der Waals surface area contributed by atoms with Gasteiger partial charge in [-0.1, -0.05) is 29.3 Å². The summed E-state index contributed by atoms with van der Waals surface area (Å²) in [7, 11) is 3.54. The fourth-order valence-corrected chi connectivity index (χ4v) is 1.91. The first-order valence-corrected chi connectivity index (χ1v) is 6.39. The van der Waals surface area contributed by atoms with Crippen LogP contribution in [0.15, 0.2) is 24.4 Å². The van der Waals surface area contributed by atoms with E-state index in [9.17, 15) is 9.90 Å². The standard InChI is InChI=1S/C13H11Cl2N3O2/c1-18(2)13-16-6-8(12(19)20)11(17-13)7-3-4-9(14)10(15)5-7/h3-6H,1-2H3,(H,19,20). The molecule has 1 aromatic heterocycles. The second-order valence-electron chi connectivity index (χ2n) is 4.26. The van der Waals surface area contributed by atoms with E-state index in [1.165, 1.54) is 6.20 Å². The third kappa shape index (κ3) is 2.84. The summed E-state index contributed by atoms with van der Waals surface area (Å²) in [5, 5.41) is 9.96. The van der Waals surface area contributed by atoms with Crippen LogP contribution in [0.5, 0.6) is 0 Å². The molecule has 0 aliphatic heterocycles. The maximum Gasteiger partial charge on any atom is 0.339 e. The van der Waals surface area contributed by atoms with Crippen molar-refractivity contribution >= 4 is 35.1 Å². The fourth-order valence-electron chi connectivity index (χ4n) is 1.61. The number of carboxylic acids is 1. The summed E-state index contributed by atoms with van der Waals surface area (Å²) < 4.78 is 0. The van der Waals surface area contributed by atoms with Crippen molar-refractivity contribution in [3.8, 4) is 11.3 Å². The van der Waals surface area contributed by atoms with Gasteiger partial charge in [0.05, 0.1) is 15.7 Å². The Morgan fingerprint density at radius 3 is 2.50 bits per heavy atom. The lowest BCUT2D eigenvalue weighted by molar-refractivity contribution is 0.0697. The van der Waals surface area contributed by atoms with Crippen molar-refractivity contribution in [1.82, 2.24) is 9.97 Å². The first-order chi connectivity index (χ1) is 9.40. The van der Waals surface area contributed by atoms with E-state index in [1.807, 2.05) is 0 Å². The lowest BCUT2D eigenvalue weighted by atomic mass is 10.1. The van der Waals surface area contributed by atoms with Gasteiger partial charge in [0.15, 0.2) is 0 Å². The maximum atomic E-state index is 11.3. The zero-order valence-electron chi connectivity index (χ0n) is 10.8. The molecule has 0 saturated carbocycles. The highest BCUT2D eigenvalue weighted by molar-refractivity contribution is 6.42. The molecule has 5 nitrogen and oxygen atoms in total. The summed E-state index contributed by atoms with van der Waals surface area (Å²) >= 11 is 11.8. The van der Waals surface area contributed by atoms with Gasteiger partial charge in [-0.2, -0.15) is 0 Å². The van der Waals surface area contributed by atoms with Gasteiger partial charge >= 0.3 is 5.97 Å². The molecule has 7 heteroatoms. The van der Waals surface area contributed by atoms with Gasteiger partial charge in [-0.25, -0.2) is 14.8 Å². The van der Waals surface area contributed by atoms with Gasteiger partial charge < -0.3 is 10.0 Å². The van der Waals surface area contributed by atoms with E-state index in [4.69, 9.17) is 23.2 Å². The number of halogens is 2. The Bertz CT molecular complexity index is 675. The Labute approximate surface area is 125 Å². The molecule has 0 spiro atoms. The van der Waals surface area contributed by atoms with Gasteiger partial charge in [-0.05, 0) is 12.1 Å². The summed E-state index contributed by atoms with van der Waals surface area (Å²) in [5.41, 5.74) is 0.881. The van der Waals surface area contributed by atoms with Crippen molar-refractivity contribution in [2.45, 2.75) is 0 Å². The lowest BCUT2D eigenvalue weighted by Gasteiger charge is -2.13. The van der Waals surface area contributed by atoms with E-state index in [0.717, 1.165) is 0 Å². The van der Waals surface area contributed by atoms with Crippen LogP contribution in [0.3, 0.4) is 0 Å². The minimum atomic E-state index is -1.10. The largest absolute Gasteiger partial charge is 0.478 e. The molecule has 104 valence electrons. The van der Waals surface area contributed by atoms with Crippen LogP contribution >= 0.6 is 23.2 Å². The van der Waals surface area contributed by atoms with Crippen LogP contribution < -0.4 is 4.90 Å². The van der Waals surface area contributed by atoms with Crippen LogP contribution in [0.4, 0.5) is 5.95 Å².